The molecule has 0 unspecified atom stereocenters. The number of halogens is 1. The van der Waals surface area contributed by atoms with E-state index in [-0.39, 0.29) is 11.9 Å². The Hall–Kier alpha value is -1.61. The van der Waals surface area contributed by atoms with Gasteiger partial charge in [-0.15, -0.1) is 0 Å². The van der Waals surface area contributed by atoms with E-state index in [4.69, 9.17) is 0 Å². The highest BCUT2D eigenvalue weighted by Gasteiger charge is 2.12. The van der Waals surface area contributed by atoms with Crippen LogP contribution >= 0.6 is 15.9 Å². The van der Waals surface area contributed by atoms with Gasteiger partial charge in [0.1, 0.15) is 0 Å². The molecule has 0 aromatic heterocycles. The summed E-state index contributed by atoms with van der Waals surface area (Å²) in [6.45, 7) is 1.97. The molecule has 3 heteroatoms. The number of benzene rings is 2. The van der Waals surface area contributed by atoms with Crippen LogP contribution in [-0.2, 0) is 0 Å². The van der Waals surface area contributed by atoms with Crippen molar-refractivity contribution in [2.24, 2.45) is 0 Å². The van der Waals surface area contributed by atoms with Crippen molar-refractivity contribution in [1.82, 2.24) is 5.32 Å². The summed E-state index contributed by atoms with van der Waals surface area (Å²) in [5, 5.41) is 2.98. The molecular formula is C15H14BrNO. The van der Waals surface area contributed by atoms with E-state index in [0.29, 0.717) is 5.56 Å². The van der Waals surface area contributed by atoms with Gasteiger partial charge < -0.3 is 5.32 Å². The van der Waals surface area contributed by atoms with Crippen molar-refractivity contribution in [3.8, 4) is 0 Å². The highest BCUT2D eigenvalue weighted by Crippen LogP contribution is 2.22. The van der Waals surface area contributed by atoms with E-state index >= 15 is 0 Å². The van der Waals surface area contributed by atoms with E-state index in [0.717, 1.165) is 10.0 Å². The fourth-order valence-electron chi connectivity index (χ4n) is 1.77. The fourth-order valence-corrected chi connectivity index (χ4v) is 2.40. The lowest BCUT2D eigenvalue weighted by molar-refractivity contribution is 0.0940. The van der Waals surface area contributed by atoms with Crippen LogP contribution in [0.3, 0.4) is 0 Å². The van der Waals surface area contributed by atoms with Crippen molar-refractivity contribution in [3.05, 3.63) is 70.2 Å². The molecule has 1 N–H and O–H groups in total. The number of amides is 1. The Kier molecular flexibility index (Phi) is 4.15. The standard InChI is InChI=1S/C15H14BrNO/c1-11(13-9-5-6-10-14(13)16)17-15(18)12-7-3-2-4-8-12/h2-11H,1H3,(H,17,18)/t11-/m0/s1. The summed E-state index contributed by atoms with van der Waals surface area (Å²) in [7, 11) is 0. The molecule has 0 radical (unpaired) electrons. The minimum Gasteiger partial charge on any atom is -0.345 e. The van der Waals surface area contributed by atoms with Gasteiger partial charge in [-0.2, -0.15) is 0 Å². The third-order valence-electron chi connectivity index (χ3n) is 2.76. The predicted molar refractivity (Wildman–Crippen MR) is 76.5 cm³/mol. The topological polar surface area (TPSA) is 29.1 Å². The maximum Gasteiger partial charge on any atom is 0.251 e. The SMILES string of the molecule is C[C@H](NC(=O)c1ccccc1)c1ccccc1Br. The zero-order valence-electron chi connectivity index (χ0n) is 10.1. The van der Waals surface area contributed by atoms with E-state index in [2.05, 4.69) is 21.2 Å². The smallest absolute Gasteiger partial charge is 0.251 e. The Bertz CT molecular complexity index is 539. The maximum atomic E-state index is 12.0. The lowest BCUT2D eigenvalue weighted by Gasteiger charge is -2.15. The summed E-state index contributed by atoms with van der Waals surface area (Å²) in [6.07, 6.45) is 0. The van der Waals surface area contributed by atoms with Crippen LogP contribution in [0.15, 0.2) is 59.1 Å². The van der Waals surface area contributed by atoms with Gasteiger partial charge in [-0.3, -0.25) is 4.79 Å². The number of rotatable bonds is 3. The molecule has 0 aliphatic carbocycles. The Labute approximate surface area is 115 Å². The monoisotopic (exact) mass is 303 g/mol. The molecule has 0 fully saturated rings. The minimum atomic E-state index is -0.0566. The molecule has 1 atom stereocenters. The average Bonchev–Trinajstić information content (AvgIpc) is 2.40. The van der Waals surface area contributed by atoms with Gasteiger partial charge >= 0.3 is 0 Å². The molecule has 2 aromatic carbocycles. The molecule has 1 amide bonds. The molecule has 0 saturated heterocycles. The van der Waals surface area contributed by atoms with E-state index in [1.165, 1.54) is 0 Å². The molecule has 18 heavy (non-hydrogen) atoms. The van der Waals surface area contributed by atoms with Gasteiger partial charge in [0.2, 0.25) is 0 Å². The van der Waals surface area contributed by atoms with Crippen LogP contribution in [0, 0.1) is 0 Å². The number of carbonyl (C=O) groups excluding carboxylic acids is 1. The molecule has 2 aromatic rings. The normalized spacial score (nSPS) is 11.9. The quantitative estimate of drug-likeness (QED) is 0.914. The summed E-state index contributed by atoms with van der Waals surface area (Å²) in [6, 6.07) is 17.1. The van der Waals surface area contributed by atoms with Crippen LogP contribution in [0.4, 0.5) is 0 Å². The first-order valence-electron chi connectivity index (χ1n) is 5.79. The molecule has 2 nitrogen and oxygen atoms in total. The van der Waals surface area contributed by atoms with E-state index in [9.17, 15) is 4.79 Å². The van der Waals surface area contributed by atoms with Gasteiger partial charge in [0, 0.05) is 10.0 Å². The van der Waals surface area contributed by atoms with E-state index < -0.39 is 0 Å². The number of hydrogen-bond acceptors (Lipinski definition) is 1. The highest BCUT2D eigenvalue weighted by molar-refractivity contribution is 9.10. The third kappa shape index (κ3) is 2.99. The van der Waals surface area contributed by atoms with Crippen molar-refractivity contribution < 1.29 is 4.79 Å². The molecular weight excluding hydrogens is 290 g/mol. The van der Waals surface area contributed by atoms with Crippen LogP contribution in [0.25, 0.3) is 0 Å². The van der Waals surface area contributed by atoms with Crippen molar-refractivity contribution >= 4 is 21.8 Å². The Morgan fingerprint density at radius 2 is 1.67 bits per heavy atom. The summed E-state index contributed by atoms with van der Waals surface area (Å²) in [4.78, 5) is 12.0. The van der Waals surface area contributed by atoms with Crippen LogP contribution < -0.4 is 5.32 Å². The van der Waals surface area contributed by atoms with Gasteiger partial charge in [-0.25, -0.2) is 0 Å². The first-order chi connectivity index (χ1) is 8.68. The Morgan fingerprint density at radius 1 is 1.06 bits per heavy atom. The first-order valence-corrected chi connectivity index (χ1v) is 6.58. The lowest BCUT2D eigenvalue weighted by Crippen LogP contribution is -2.26. The summed E-state index contributed by atoms with van der Waals surface area (Å²) in [5.74, 6) is -0.0566. The molecule has 0 aliphatic heterocycles. The average molecular weight is 304 g/mol. The first kappa shape index (κ1) is 12.8. The second-order valence-corrected chi connectivity index (χ2v) is 4.94. The molecule has 0 saturated carbocycles. The van der Waals surface area contributed by atoms with Crippen molar-refractivity contribution in [2.45, 2.75) is 13.0 Å². The van der Waals surface area contributed by atoms with Gasteiger partial charge in [-0.05, 0) is 30.7 Å². The van der Waals surface area contributed by atoms with Crippen LogP contribution in [0.5, 0.6) is 0 Å². The van der Waals surface area contributed by atoms with Gasteiger partial charge in [-0.1, -0.05) is 52.3 Å². The number of nitrogens with one attached hydrogen (secondary N) is 1. The number of carbonyl (C=O) groups is 1. The molecule has 0 heterocycles. The zero-order chi connectivity index (χ0) is 13.0. The second kappa shape index (κ2) is 5.83. The van der Waals surface area contributed by atoms with Crippen molar-refractivity contribution in [1.29, 1.82) is 0 Å². The highest BCUT2D eigenvalue weighted by atomic mass is 79.9. The van der Waals surface area contributed by atoms with Gasteiger partial charge in [0.05, 0.1) is 6.04 Å². The van der Waals surface area contributed by atoms with E-state index in [1.54, 1.807) is 0 Å². The molecule has 92 valence electrons. The molecule has 0 bridgehead atoms. The molecule has 0 aliphatic rings. The van der Waals surface area contributed by atoms with Crippen LogP contribution in [0.1, 0.15) is 28.9 Å². The van der Waals surface area contributed by atoms with Gasteiger partial charge in [0.25, 0.3) is 5.91 Å². The van der Waals surface area contributed by atoms with Crippen LogP contribution in [-0.4, -0.2) is 5.91 Å². The molecule has 2 rings (SSSR count). The third-order valence-corrected chi connectivity index (χ3v) is 3.48. The lowest BCUT2D eigenvalue weighted by atomic mass is 10.1. The number of hydrogen-bond donors (Lipinski definition) is 1. The second-order valence-electron chi connectivity index (χ2n) is 4.08. The predicted octanol–water partition coefficient (Wildman–Crippen LogP) is 3.94. The Morgan fingerprint density at radius 3 is 2.33 bits per heavy atom. The molecule has 0 spiro atoms. The largest absolute Gasteiger partial charge is 0.345 e. The van der Waals surface area contributed by atoms with Gasteiger partial charge in [0.15, 0.2) is 0 Å². The fraction of sp³-hybridized carbons (Fsp3) is 0.133. The van der Waals surface area contributed by atoms with Crippen LogP contribution in [0.2, 0.25) is 0 Å². The minimum absolute atomic E-state index is 0.0340. The van der Waals surface area contributed by atoms with Crippen molar-refractivity contribution in [3.63, 3.8) is 0 Å². The summed E-state index contributed by atoms with van der Waals surface area (Å²) >= 11 is 3.49. The summed E-state index contributed by atoms with van der Waals surface area (Å²) in [5.41, 5.74) is 1.75. The van der Waals surface area contributed by atoms with E-state index in [1.807, 2.05) is 61.5 Å². The zero-order valence-corrected chi connectivity index (χ0v) is 11.6. The maximum absolute atomic E-state index is 12.0. The van der Waals surface area contributed by atoms with Crippen molar-refractivity contribution in [2.75, 3.05) is 0 Å². The Balaban J connectivity index is 2.11. The summed E-state index contributed by atoms with van der Waals surface area (Å²) < 4.78 is 1.01.